The number of rotatable bonds is 3. The first-order valence-corrected chi connectivity index (χ1v) is 6.40. The average molecular weight is 284 g/mol. The molecule has 19 heavy (non-hydrogen) atoms. The summed E-state index contributed by atoms with van der Waals surface area (Å²) in [5, 5.41) is 4.94. The lowest BCUT2D eigenvalue weighted by Crippen LogP contribution is -2.48. The van der Waals surface area contributed by atoms with E-state index < -0.39 is 6.23 Å². The van der Waals surface area contributed by atoms with Gasteiger partial charge in [0.2, 0.25) is 5.96 Å². The Kier molecular flexibility index (Phi) is 3.82. The van der Waals surface area contributed by atoms with Crippen LogP contribution in [0.4, 0.5) is 5.69 Å². The highest BCUT2D eigenvalue weighted by molar-refractivity contribution is 6.31. The van der Waals surface area contributed by atoms with Crippen LogP contribution in [0.1, 0.15) is 25.6 Å². The molecule has 1 aliphatic heterocycles. The zero-order valence-electron chi connectivity index (χ0n) is 11.5. The molecule has 0 radical (unpaired) electrons. The molecule has 1 aromatic heterocycles. The Morgan fingerprint density at radius 1 is 1.47 bits per heavy atom. The van der Waals surface area contributed by atoms with Crippen LogP contribution in [0.2, 0.25) is 0 Å². The average Bonchev–Trinajstić information content (AvgIpc) is 2.74. The predicted octanol–water partition coefficient (Wildman–Crippen LogP) is 1.96. The van der Waals surface area contributed by atoms with Crippen molar-refractivity contribution in [2.75, 3.05) is 12.0 Å². The van der Waals surface area contributed by atoms with Crippen LogP contribution in [-0.4, -0.2) is 29.1 Å². The number of aliphatic imine (C=N–C) groups is 1. The van der Waals surface area contributed by atoms with Crippen molar-refractivity contribution in [3.63, 3.8) is 0 Å². The number of aromatic nitrogens is 2. The highest BCUT2D eigenvalue weighted by Gasteiger charge is 2.30. The third kappa shape index (κ3) is 2.46. The van der Waals surface area contributed by atoms with Gasteiger partial charge in [0.25, 0.3) is 0 Å². The van der Waals surface area contributed by atoms with Crippen molar-refractivity contribution < 1.29 is 4.74 Å². The Balaban J connectivity index is 2.45. The standard InChI is InChI=1S/C12H18ClN5O/c1-7(2)17-6-10(8(3)16-17)18-11(19-4)9(13)5-15-12(18)14/h5-7,11H,1-4H3,(H2,14,15). The second kappa shape index (κ2) is 5.22. The summed E-state index contributed by atoms with van der Waals surface area (Å²) in [4.78, 5) is 5.81. The van der Waals surface area contributed by atoms with Gasteiger partial charge in [-0.2, -0.15) is 5.10 Å². The highest BCUT2D eigenvalue weighted by atomic mass is 35.5. The summed E-state index contributed by atoms with van der Waals surface area (Å²) in [6.07, 6.45) is 2.95. The van der Waals surface area contributed by atoms with Crippen molar-refractivity contribution in [1.29, 1.82) is 0 Å². The van der Waals surface area contributed by atoms with Crippen LogP contribution < -0.4 is 10.6 Å². The van der Waals surface area contributed by atoms with E-state index in [1.807, 2.05) is 17.8 Å². The molecule has 7 heteroatoms. The maximum Gasteiger partial charge on any atom is 0.203 e. The van der Waals surface area contributed by atoms with Crippen molar-refractivity contribution in [1.82, 2.24) is 9.78 Å². The molecular weight excluding hydrogens is 266 g/mol. The minimum atomic E-state index is -0.470. The second-order valence-corrected chi connectivity index (χ2v) is 5.07. The van der Waals surface area contributed by atoms with Crippen LogP contribution in [0, 0.1) is 6.92 Å². The molecule has 0 aromatic carbocycles. The molecular formula is C12H18ClN5O. The third-order valence-electron chi connectivity index (χ3n) is 2.94. The Morgan fingerprint density at radius 2 is 2.16 bits per heavy atom. The number of halogens is 1. The molecule has 0 saturated carbocycles. The summed E-state index contributed by atoms with van der Waals surface area (Å²) in [6.45, 7) is 6.04. The fraction of sp³-hybridized carbons (Fsp3) is 0.500. The highest BCUT2D eigenvalue weighted by Crippen LogP contribution is 2.29. The zero-order valence-corrected chi connectivity index (χ0v) is 12.2. The first-order valence-electron chi connectivity index (χ1n) is 6.02. The van der Waals surface area contributed by atoms with Crippen LogP contribution >= 0.6 is 11.6 Å². The zero-order chi connectivity index (χ0) is 14.2. The molecule has 0 amide bonds. The van der Waals surface area contributed by atoms with Crippen LogP contribution in [0.25, 0.3) is 0 Å². The number of nitrogens with zero attached hydrogens (tertiary/aromatic N) is 4. The SMILES string of the molecule is COC1C(Cl)=CN=C(N)N1c1cn(C(C)C)nc1C. The fourth-order valence-corrected chi connectivity index (χ4v) is 2.17. The third-order valence-corrected chi connectivity index (χ3v) is 3.22. The number of methoxy groups -OCH3 is 1. The van der Waals surface area contributed by atoms with E-state index in [4.69, 9.17) is 22.1 Å². The molecule has 2 rings (SSSR count). The number of nitrogens with two attached hydrogens (primary N) is 1. The molecule has 0 aliphatic carbocycles. The molecule has 0 spiro atoms. The van der Waals surface area contributed by atoms with E-state index in [1.165, 1.54) is 6.20 Å². The van der Waals surface area contributed by atoms with Gasteiger partial charge in [0, 0.05) is 25.5 Å². The lowest BCUT2D eigenvalue weighted by atomic mass is 10.3. The van der Waals surface area contributed by atoms with Crippen LogP contribution in [0.3, 0.4) is 0 Å². The molecule has 6 nitrogen and oxygen atoms in total. The van der Waals surface area contributed by atoms with Gasteiger partial charge in [-0.25, -0.2) is 4.99 Å². The van der Waals surface area contributed by atoms with E-state index in [-0.39, 0.29) is 6.04 Å². The minimum absolute atomic E-state index is 0.266. The maximum atomic E-state index is 6.12. The normalized spacial score (nSPS) is 19.7. The number of aryl methyl sites for hydroxylation is 1. The number of ether oxygens (including phenoxy) is 1. The van der Waals surface area contributed by atoms with E-state index in [9.17, 15) is 0 Å². The van der Waals surface area contributed by atoms with E-state index in [1.54, 1.807) is 12.0 Å². The lowest BCUT2D eigenvalue weighted by Gasteiger charge is -2.32. The molecule has 2 heterocycles. The summed E-state index contributed by atoms with van der Waals surface area (Å²) in [7, 11) is 1.58. The van der Waals surface area contributed by atoms with Gasteiger partial charge < -0.3 is 10.5 Å². The van der Waals surface area contributed by atoms with Gasteiger partial charge in [0.1, 0.15) is 0 Å². The van der Waals surface area contributed by atoms with E-state index in [2.05, 4.69) is 23.9 Å². The molecule has 1 unspecified atom stereocenters. The Bertz CT molecular complexity index is 534. The van der Waals surface area contributed by atoms with Crippen molar-refractivity contribution in [3.05, 3.63) is 23.1 Å². The number of hydrogen-bond donors (Lipinski definition) is 1. The molecule has 2 N–H and O–H groups in total. The molecule has 1 aromatic rings. The molecule has 0 saturated heterocycles. The quantitative estimate of drug-likeness (QED) is 0.921. The smallest absolute Gasteiger partial charge is 0.203 e. The second-order valence-electron chi connectivity index (χ2n) is 4.63. The van der Waals surface area contributed by atoms with Crippen molar-refractivity contribution in [2.24, 2.45) is 10.7 Å². The number of anilines is 1. The maximum absolute atomic E-state index is 6.12. The number of hydrogen-bond acceptors (Lipinski definition) is 5. The van der Waals surface area contributed by atoms with Gasteiger partial charge in [-0.3, -0.25) is 9.58 Å². The summed E-state index contributed by atoms with van der Waals surface area (Å²) in [6, 6.07) is 0.266. The molecule has 104 valence electrons. The van der Waals surface area contributed by atoms with Crippen molar-refractivity contribution in [3.8, 4) is 0 Å². The Hall–Kier alpha value is -1.53. The first kappa shape index (κ1) is 13.9. The Morgan fingerprint density at radius 3 is 2.68 bits per heavy atom. The predicted molar refractivity (Wildman–Crippen MR) is 76.2 cm³/mol. The van der Waals surface area contributed by atoms with Gasteiger partial charge in [-0.1, -0.05) is 11.6 Å². The van der Waals surface area contributed by atoms with Crippen molar-refractivity contribution >= 4 is 23.2 Å². The van der Waals surface area contributed by atoms with Gasteiger partial charge >= 0.3 is 0 Å². The Labute approximate surface area is 117 Å². The lowest BCUT2D eigenvalue weighted by molar-refractivity contribution is 0.143. The van der Waals surface area contributed by atoms with Gasteiger partial charge in [0.15, 0.2) is 6.23 Å². The van der Waals surface area contributed by atoms with Crippen LogP contribution in [0.5, 0.6) is 0 Å². The van der Waals surface area contributed by atoms with Gasteiger partial charge in [-0.05, 0) is 20.8 Å². The topological polar surface area (TPSA) is 68.7 Å². The van der Waals surface area contributed by atoms with Crippen LogP contribution in [-0.2, 0) is 4.74 Å². The first-order chi connectivity index (χ1) is 8.95. The molecule has 1 atom stereocenters. The summed E-state index contributed by atoms with van der Waals surface area (Å²) >= 11 is 6.12. The molecule has 1 aliphatic rings. The summed E-state index contributed by atoms with van der Waals surface area (Å²) in [5.74, 6) is 0.336. The summed E-state index contributed by atoms with van der Waals surface area (Å²) < 4.78 is 7.27. The van der Waals surface area contributed by atoms with Gasteiger partial charge in [0.05, 0.1) is 16.4 Å². The summed E-state index contributed by atoms with van der Waals surface area (Å²) in [5.41, 5.74) is 7.64. The number of guanidine groups is 1. The monoisotopic (exact) mass is 283 g/mol. The molecule has 0 fully saturated rings. The molecule has 0 bridgehead atoms. The fourth-order valence-electron chi connectivity index (χ4n) is 1.94. The van der Waals surface area contributed by atoms with Crippen molar-refractivity contribution in [2.45, 2.75) is 33.0 Å². The van der Waals surface area contributed by atoms with E-state index in [0.717, 1.165) is 11.4 Å². The van der Waals surface area contributed by atoms with Crippen LogP contribution in [0.15, 0.2) is 22.4 Å². The van der Waals surface area contributed by atoms with Gasteiger partial charge in [-0.15, -0.1) is 0 Å². The largest absolute Gasteiger partial charge is 0.369 e. The van der Waals surface area contributed by atoms with E-state index in [0.29, 0.717) is 11.0 Å². The minimum Gasteiger partial charge on any atom is -0.369 e. The van der Waals surface area contributed by atoms with E-state index >= 15 is 0 Å².